The van der Waals surface area contributed by atoms with Crippen LogP contribution in [0.1, 0.15) is 5.56 Å². The Morgan fingerprint density at radius 2 is 1.95 bits per heavy atom. The number of carbonyl (C=O) groups excluding carboxylic acids is 1. The zero-order chi connectivity index (χ0) is 15.2. The average Bonchev–Trinajstić information content (AvgIpc) is 2.98. The maximum absolute atomic E-state index is 12.1. The number of thioether (sulfide) groups is 1. The van der Waals surface area contributed by atoms with Gasteiger partial charge in [0.25, 0.3) is 0 Å². The third-order valence-corrected chi connectivity index (χ3v) is 4.80. The number of aromatic nitrogens is 2. The third-order valence-electron chi connectivity index (χ3n) is 2.96. The summed E-state index contributed by atoms with van der Waals surface area (Å²) in [6.45, 7) is 0.614. The van der Waals surface area contributed by atoms with Crippen LogP contribution in [0, 0.1) is 0 Å². The number of amides is 1. The molecule has 0 unspecified atom stereocenters. The molecule has 0 spiro atoms. The van der Waals surface area contributed by atoms with Crippen LogP contribution in [0.4, 0.5) is 5.69 Å². The summed E-state index contributed by atoms with van der Waals surface area (Å²) in [6, 6.07) is 8.22. The Kier molecular flexibility index (Phi) is 5.58. The van der Waals surface area contributed by atoms with Crippen molar-refractivity contribution in [1.82, 2.24) is 15.1 Å². The number of anilines is 1. The predicted octanol–water partition coefficient (Wildman–Crippen LogP) is 2.35. The Labute approximate surface area is 133 Å². The molecular formula is C14H18N4OS2. The molecule has 0 N–H and O–H groups in total. The Morgan fingerprint density at radius 3 is 2.52 bits per heavy atom. The molecule has 1 aromatic heterocycles. The lowest BCUT2D eigenvalue weighted by Gasteiger charge is -2.18. The molecule has 0 atom stereocenters. The van der Waals surface area contributed by atoms with Crippen LogP contribution >= 0.6 is 23.1 Å². The van der Waals surface area contributed by atoms with Gasteiger partial charge in [-0.3, -0.25) is 4.79 Å². The fraction of sp³-hybridized carbons (Fsp3) is 0.357. The predicted molar refractivity (Wildman–Crippen MR) is 87.9 cm³/mol. The van der Waals surface area contributed by atoms with Crippen molar-refractivity contribution in [2.45, 2.75) is 10.9 Å². The molecule has 1 amide bonds. The quantitative estimate of drug-likeness (QED) is 0.764. The van der Waals surface area contributed by atoms with Gasteiger partial charge >= 0.3 is 0 Å². The molecular weight excluding hydrogens is 304 g/mol. The number of hydrogen-bond donors (Lipinski definition) is 0. The van der Waals surface area contributed by atoms with E-state index in [1.807, 2.05) is 21.1 Å². The smallest absolute Gasteiger partial charge is 0.233 e. The minimum atomic E-state index is 0.0897. The minimum absolute atomic E-state index is 0.0897. The molecule has 0 radical (unpaired) electrons. The highest BCUT2D eigenvalue weighted by Crippen LogP contribution is 2.19. The van der Waals surface area contributed by atoms with Crippen LogP contribution in [0.5, 0.6) is 0 Å². The van der Waals surface area contributed by atoms with Crippen molar-refractivity contribution in [2.75, 3.05) is 31.8 Å². The van der Waals surface area contributed by atoms with Crippen LogP contribution in [-0.4, -0.2) is 47.9 Å². The number of carbonyl (C=O) groups is 1. The van der Waals surface area contributed by atoms with E-state index in [1.165, 1.54) is 23.1 Å². The van der Waals surface area contributed by atoms with Crippen molar-refractivity contribution < 1.29 is 4.79 Å². The molecule has 5 nitrogen and oxygen atoms in total. The zero-order valence-corrected chi connectivity index (χ0v) is 13.9. The van der Waals surface area contributed by atoms with E-state index >= 15 is 0 Å². The van der Waals surface area contributed by atoms with E-state index in [-0.39, 0.29) is 5.91 Å². The molecule has 112 valence electrons. The number of benzene rings is 1. The van der Waals surface area contributed by atoms with Crippen molar-refractivity contribution in [3.05, 3.63) is 35.3 Å². The summed E-state index contributed by atoms with van der Waals surface area (Å²) >= 11 is 2.88. The molecule has 0 aliphatic rings. The first-order chi connectivity index (χ1) is 10.1. The summed E-state index contributed by atoms with van der Waals surface area (Å²) in [6.07, 6.45) is 0. The normalized spacial score (nSPS) is 10.4. The molecule has 2 aromatic rings. The molecule has 0 aliphatic carbocycles. The lowest BCUT2D eigenvalue weighted by Crippen LogP contribution is -2.27. The lowest BCUT2D eigenvalue weighted by molar-refractivity contribution is -0.127. The summed E-state index contributed by atoms with van der Waals surface area (Å²) in [4.78, 5) is 15.9. The van der Waals surface area contributed by atoms with E-state index in [0.29, 0.717) is 12.3 Å². The summed E-state index contributed by atoms with van der Waals surface area (Å²) < 4.78 is 0.826. The summed E-state index contributed by atoms with van der Waals surface area (Å²) in [5.74, 6) is 0.480. The van der Waals surface area contributed by atoms with Gasteiger partial charge in [-0.05, 0) is 17.7 Å². The second-order valence-electron chi connectivity index (χ2n) is 4.80. The van der Waals surface area contributed by atoms with Crippen LogP contribution < -0.4 is 4.90 Å². The highest BCUT2D eigenvalue weighted by atomic mass is 32.2. The third kappa shape index (κ3) is 4.71. The highest BCUT2D eigenvalue weighted by Gasteiger charge is 2.11. The summed E-state index contributed by atoms with van der Waals surface area (Å²) in [5, 5.41) is 7.67. The van der Waals surface area contributed by atoms with E-state index in [1.54, 1.807) is 10.4 Å². The Balaban J connectivity index is 1.85. The molecule has 0 aliphatic heterocycles. The van der Waals surface area contributed by atoms with Gasteiger partial charge in [0.2, 0.25) is 5.91 Å². The van der Waals surface area contributed by atoms with Gasteiger partial charge in [-0.2, -0.15) is 0 Å². The first kappa shape index (κ1) is 15.8. The Hall–Kier alpha value is -1.60. The van der Waals surface area contributed by atoms with Crippen molar-refractivity contribution >= 4 is 34.7 Å². The second-order valence-corrected chi connectivity index (χ2v) is 6.86. The van der Waals surface area contributed by atoms with Gasteiger partial charge in [0.15, 0.2) is 4.34 Å². The van der Waals surface area contributed by atoms with Crippen LogP contribution in [-0.2, 0) is 11.3 Å². The molecule has 7 heteroatoms. The number of hydrogen-bond acceptors (Lipinski definition) is 6. The molecule has 21 heavy (non-hydrogen) atoms. The van der Waals surface area contributed by atoms with Gasteiger partial charge in [0.1, 0.15) is 5.51 Å². The van der Waals surface area contributed by atoms with Crippen LogP contribution in [0.25, 0.3) is 0 Å². The maximum Gasteiger partial charge on any atom is 0.233 e. The standard InChI is InChI=1S/C14H18N4OS2/c1-17(2)12-6-4-11(5-7-12)8-18(3)13(19)9-20-14-16-15-10-21-14/h4-7,10H,8-9H2,1-3H3. The van der Waals surface area contributed by atoms with Crippen LogP contribution in [0.15, 0.2) is 34.1 Å². The topological polar surface area (TPSA) is 49.3 Å². The molecule has 2 rings (SSSR count). The molecule has 0 saturated heterocycles. The minimum Gasteiger partial charge on any atom is -0.378 e. The van der Waals surface area contributed by atoms with Gasteiger partial charge in [0.05, 0.1) is 5.75 Å². The van der Waals surface area contributed by atoms with E-state index in [0.717, 1.165) is 15.6 Å². The number of nitrogens with zero attached hydrogens (tertiary/aromatic N) is 4. The van der Waals surface area contributed by atoms with Gasteiger partial charge in [-0.25, -0.2) is 0 Å². The van der Waals surface area contributed by atoms with E-state index in [4.69, 9.17) is 0 Å². The molecule has 0 fully saturated rings. The summed E-state index contributed by atoms with van der Waals surface area (Å²) in [7, 11) is 5.84. The van der Waals surface area contributed by atoms with Gasteiger partial charge in [-0.15, -0.1) is 10.2 Å². The monoisotopic (exact) mass is 322 g/mol. The SMILES string of the molecule is CN(Cc1ccc(N(C)C)cc1)C(=O)CSc1nncs1. The zero-order valence-electron chi connectivity index (χ0n) is 12.3. The first-order valence-electron chi connectivity index (χ1n) is 6.45. The Bertz CT molecular complexity index is 569. The fourth-order valence-corrected chi connectivity index (χ4v) is 3.15. The van der Waals surface area contributed by atoms with Crippen LogP contribution in [0.2, 0.25) is 0 Å². The first-order valence-corrected chi connectivity index (χ1v) is 8.32. The highest BCUT2D eigenvalue weighted by molar-refractivity contribution is 8.01. The second kappa shape index (κ2) is 7.42. The lowest BCUT2D eigenvalue weighted by atomic mass is 10.2. The van der Waals surface area contributed by atoms with Gasteiger partial charge < -0.3 is 9.80 Å². The van der Waals surface area contributed by atoms with Gasteiger partial charge in [-0.1, -0.05) is 35.2 Å². The van der Waals surface area contributed by atoms with Crippen molar-refractivity contribution in [1.29, 1.82) is 0 Å². The maximum atomic E-state index is 12.1. The van der Waals surface area contributed by atoms with E-state index < -0.39 is 0 Å². The van der Waals surface area contributed by atoms with Crippen molar-refractivity contribution in [3.63, 3.8) is 0 Å². The summed E-state index contributed by atoms with van der Waals surface area (Å²) in [5.41, 5.74) is 3.94. The average molecular weight is 322 g/mol. The van der Waals surface area contributed by atoms with E-state index in [2.05, 4.69) is 39.4 Å². The fourth-order valence-electron chi connectivity index (χ4n) is 1.72. The van der Waals surface area contributed by atoms with Crippen molar-refractivity contribution in [2.24, 2.45) is 0 Å². The van der Waals surface area contributed by atoms with Crippen LogP contribution in [0.3, 0.4) is 0 Å². The number of rotatable bonds is 6. The Morgan fingerprint density at radius 1 is 1.24 bits per heavy atom. The molecule has 1 heterocycles. The largest absolute Gasteiger partial charge is 0.378 e. The van der Waals surface area contributed by atoms with Crippen molar-refractivity contribution in [3.8, 4) is 0 Å². The molecule has 0 bridgehead atoms. The molecule has 0 saturated carbocycles. The molecule has 1 aromatic carbocycles. The van der Waals surface area contributed by atoms with E-state index in [9.17, 15) is 4.79 Å². The van der Waals surface area contributed by atoms with Gasteiger partial charge in [0, 0.05) is 33.4 Å².